The number of rotatable bonds is 6. The summed E-state index contributed by atoms with van der Waals surface area (Å²) in [6, 6.07) is 7.62. The van der Waals surface area contributed by atoms with Crippen LogP contribution in [0.1, 0.15) is 19.4 Å². The molecule has 0 fully saturated rings. The van der Waals surface area contributed by atoms with Crippen molar-refractivity contribution in [2.45, 2.75) is 26.3 Å². The Hall–Kier alpha value is -1.55. The molecule has 3 N–H and O–H groups in total. The van der Waals surface area contributed by atoms with Gasteiger partial charge >= 0.3 is 0 Å². The molecule has 1 aromatic carbocycles. The lowest BCUT2D eigenvalue weighted by Gasteiger charge is -2.20. The molecule has 4 nitrogen and oxygen atoms in total. The van der Waals surface area contributed by atoms with Crippen LogP contribution in [0.4, 0.5) is 0 Å². The molecule has 100 valence electrons. The highest BCUT2D eigenvalue weighted by Crippen LogP contribution is 2.17. The highest BCUT2D eigenvalue weighted by molar-refractivity contribution is 5.79. The number of nitrogens with one attached hydrogen (secondary N) is 1. The van der Waals surface area contributed by atoms with E-state index in [4.69, 9.17) is 10.5 Å². The Balaban J connectivity index is 2.59. The first-order valence-corrected chi connectivity index (χ1v) is 6.19. The van der Waals surface area contributed by atoms with Crippen molar-refractivity contribution in [3.8, 4) is 5.75 Å². The van der Waals surface area contributed by atoms with Gasteiger partial charge in [-0.2, -0.15) is 0 Å². The van der Waals surface area contributed by atoms with Gasteiger partial charge in [0.15, 0.2) is 0 Å². The van der Waals surface area contributed by atoms with E-state index < -0.39 is 0 Å². The van der Waals surface area contributed by atoms with Gasteiger partial charge in [0, 0.05) is 11.6 Å². The van der Waals surface area contributed by atoms with Crippen molar-refractivity contribution in [1.82, 2.24) is 5.32 Å². The van der Waals surface area contributed by atoms with Gasteiger partial charge in [0.2, 0.25) is 5.91 Å². The van der Waals surface area contributed by atoms with Crippen LogP contribution in [0.25, 0.3) is 0 Å². The van der Waals surface area contributed by atoms with E-state index in [9.17, 15) is 4.79 Å². The van der Waals surface area contributed by atoms with Crippen LogP contribution in [0.15, 0.2) is 24.3 Å². The number of carbonyl (C=O) groups is 1. The number of hydrogen-bond donors (Lipinski definition) is 2. The quantitative estimate of drug-likeness (QED) is 0.800. The molecule has 0 saturated heterocycles. The number of para-hydroxylation sites is 1. The summed E-state index contributed by atoms with van der Waals surface area (Å²) in [7, 11) is 1.61. The number of hydrogen-bond acceptors (Lipinski definition) is 3. The Morgan fingerprint density at radius 1 is 1.39 bits per heavy atom. The van der Waals surface area contributed by atoms with Crippen LogP contribution in [-0.2, 0) is 11.2 Å². The van der Waals surface area contributed by atoms with E-state index in [0.717, 1.165) is 11.3 Å². The molecular formula is C14H22N2O2. The molecule has 0 aromatic heterocycles. The third-order valence-electron chi connectivity index (χ3n) is 3.16. The summed E-state index contributed by atoms with van der Waals surface area (Å²) in [6.45, 7) is 4.56. The maximum Gasteiger partial charge on any atom is 0.224 e. The Morgan fingerprint density at radius 2 is 2.06 bits per heavy atom. The maximum absolute atomic E-state index is 11.9. The second kappa shape index (κ2) is 7.01. The molecule has 0 bridgehead atoms. The van der Waals surface area contributed by atoms with Crippen LogP contribution in [0.3, 0.4) is 0 Å². The minimum absolute atomic E-state index is 0.00713. The molecule has 0 heterocycles. The van der Waals surface area contributed by atoms with Crippen LogP contribution < -0.4 is 15.8 Å². The fourth-order valence-electron chi connectivity index (χ4n) is 1.67. The van der Waals surface area contributed by atoms with Crippen LogP contribution in [0.5, 0.6) is 5.75 Å². The summed E-state index contributed by atoms with van der Waals surface area (Å²) in [4.78, 5) is 11.9. The van der Waals surface area contributed by atoms with Gasteiger partial charge in [0.1, 0.15) is 5.75 Å². The standard InChI is InChI=1S/C14H22N2O2/c1-10(9-15)11(2)16-14(17)8-12-6-4-5-7-13(12)18-3/h4-7,10-11H,8-9,15H2,1-3H3,(H,16,17). The van der Waals surface area contributed by atoms with Crippen molar-refractivity contribution >= 4 is 5.91 Å². The zero-order valence-corrected chi connectivity index (χ0v) is 11.3. The first-order valence-electron chi connectivity index (χ1n) is 6.19. The second-order valence-corrected chi connectivity index (χ2v) is 4.56. The highest BCUT2D eigenvalue weighted by Gasteiger charge is 2.14. The van der Waals surface area contributed by atoms with Crippen molar-refractivity contribution < 1.29 is 9.53 Å². The largest absolute Gasteiger partial charge is 0.496 e. The number of nitrogens with two attached hydrogens (primary N) is 1. The molecule has 0 aliphatic carbocycles. The number of ether oxygens (including phenoxy) is 1. The van der Waals surface area contributed by atoms with Gasteiger partial charge in [-0.25, -0.2) is 0 Å². The summed E-state index contributed by atoms with van der Waals surface area (Å²) >= 11 is 0. The number of carbonyl (C=O) groups excluding carboxylic acids is 1. The topological polar surface area (TPSA) is 64.3 Å². The Bertz CT molecular complexity index is 393. The second-order valence-electron chi connectivity index (χ2n) is 4.56. The van der Waals surface area contributed by atoms with E-state index in [1.54, 1.807) is 7.11 Å². The maximum atomic E-state index is 11.9. The average Bonchev–Trinajstić information content (AvgIpc) is 2.38. The molecule has 0 aliphatic rings. The van der Waals surface area contributed by atoms with Crippen molar-refractivity contribution in [2.24, 2.45) is 11.7 Å². The highest BCUT2D eigenvalue weighted by atomic mass is 16.5. The van der Waals surface area contributed by atoms with Gasteiger partial charge in [0.05, 0.1) is 13.5 Å². The van der Waals surface area contributed by atoms with Crippen molar-refractivity contribution in [2.75, 3.05) is 13.7 Å². The zero-order chi connectivity index (χ0) is 13.5. The molecule has 1 aromatic rings. The Labute approximate surface area is 109 Å². The normalized spacial score (nSPS) is 13.8. The van der Waals surface area contributed by atoms with E-state index in [-0.39, 0.29) is 17.9 Å². The average molecular weight is 250 g/mol. The molecule has 18 heavy (non-hydrogen) atoms. The monoisotopic (exact) mass is 250 g/mol. The van der Waals surface area contributed by atoms with Crippen LogP contribution in [-0.4, -0.2) is 25.6 Å². The number of methoxy groups -OCH3 is 1. The van der Waals surface area contributed by atoms with Gasteiger partial charge in [-0.1, -0.05) is 25.1 Å². The fraction of sp³-hybridized carbons (Fsp3) is 0.500. The van der Waals surface area contributed by atoms with Gasteiger partial charge < -0.3 is 15.8 Å². The third-order valence-corrected chi connectivity index (χ3v) is 3.16. The molecule has 0 aliphatic heterocycles. The van der Waals surface area contributed by atoms with Gasteiger partial charge in [0.25, 0.3) is 0 Å². The lowest BCUT2D eigenvalue weighted by atomic mass is 10.0. The smallest absolute Gasteiger partial charge is 0.224 e. The summed E-state index contributed by atoms with van der Waals surface area (Å²) in [6.07, 6.45) is 0.325. The van der Waals surface area contributed by atoms with Gasteiger partial charge in [-0.3, -0.25) is 4.79 Å². The first kappa shape index (κ1) is 14.5. The molecule has 1 rings (SSSR count). The number of benzene rings is 1. The van der Waals surface area contributed by atoms with Crippen LogP contribution in [0.2, 0.25) is 0 Å². The molecule has 2 unspecified atom stereocenters. The summed E-state index contributed by atoms with van der Waals surface area (Å²) in [5.74, 6) is 1.01. The van der Waals surface area contributed by atoms with Crippen LogP contribution >= 0.6 is 0 Å². The molecule has 0 spiro atoms. The fourth-order valence-corrected chi connectivity index (χ4v) is 1.67. The van der Waals surface area contributed by atoms with Crippen molar-refractivity contribution in [1.29, 1.82) is 0 Å². The molecular weight excluding hydrogens is 228 g/mol. The summed E-state index contributed by atoms with van der Waals surface area (Å²) in [5.41, 5.74) is 6.47. The number of amides is 1. The van der Waals surface area contributed by atoms with Gasteiger partial charge in [-0.15, -0.1) is 0 Å². The predicted molar refractivity (Wildman–Crippen MR) is 72.5 cm³/mol. The molecule has 2 atom stereocenters. The van der Waals surface area contributed by atoms with Gasteiger partial charge in [-0.05, 0) is 25.5 Å². The van der Waals surface area contributed by atoms with Crippen molar-refractivity contribution in [3.63, 3.8) is 0 Å². The lowest BCUT2D eigenvalue weighted by molar-refractivity contribution is -0.121. The minimum Gasteiger partial charge on any atom is -0.496 e. The molecule has 0 radical (unpaired) electrons. The predicted octanol–water partition coefficient (Wildman–Crippen LogP) is 1.34. The van der Waals surface area contributed by atoms with E-state index >= 15 is 0 Å². The van der Waals surface area contributed by atoms with E-state index in [0.29, 0.717) is 13.0 Å². The van der Waals surface area contributed by atoms with E-state index in [1.165, 1.54) is 0 Å². The third kappa shape index (κ3) is 4.04. The first-order chi connectivity index (χ1) is 8.58. The van der Waals surface area contributed by atoms with Crippen LogP contribution in [0, 0.1) is 5.92 Å². The molecule has 1 amide bonds. The molecule has 0 saturated carbocycles. The SMILES string of the molecule is COc1ccccc1CC(=O)NC(C)C(C)CN. The zero-order valence-electron chi connectivity index (χ0n) is 11.3. The van der Waals surface area contributed by atoms with E-state index in [2.05, 4.69) is 5.32 Å². The lowest BCUT2D eigenvalue weighted by Crippen LogP contribution is -2.40. The minimum atomic E-state index is -0.00713. The summed E-state index contributed by atoms with van der Waals surface area (Å²) < 4.78 is 5.22. The van der Waals surface area contributed by atoms with E-state index in [1.807, 2.05) is 38.1 Å². The Morgan fingerprint density at radius 3 is 2.67 bits per heavy atom. The molecule has 4 heteroatoms. The Kier molecular flexibility index (Phi) is 5.65. The van der Waals surface area contributed by atoms with Crippen molar-refractivity contribution in [3.05, 3.63) is 29.8 Å². The summed E-state index contributed by atoms with van der Waals surface area (Å²) in [5, 5.41) is 2.96.